The first kappa shape index (κ1) is 15.8. The van der Waals surface area contributed by atoms with Gasteiger partial charge in [0.2, 0.25) is 0 Å². The van der Waals surface area contributed by atoms with Gasteiger partial charge in [-0.2, -0.15) is 0 Å². The molecule has 0 amide bonds. The number of likely N-dealkylation sites (N-methyl/N-ethyl adjacent to an activating group) is 1. The van der Waals surface area contributed by atoms with Crippen LogP contribution in [-0.4, -0.2) is 53.5 Å². The lowest BCUT2D eigenvalue weighted by Gasteiger charge is -2.24. The standard InChI is InChI=1S/C16H27N5/c1-12(2)10-21(8-7-20(3)4)11-16-18-14-6-5-13(17)9-15(14)19-16/h5-6,9,12H,7-8,10-11,17H2,1-4H3,(H,18,19). The van der Waals surface area contributed by atoms with Crippen LogP contribution >= 0.6 is 0 Å². The Bertz CT molecular complexity index is 573. The zero-order chi connectivity index (χ0) is 15.4. The molecule has 5 heteroatoms. The van der Waals surface area contributed by atoms with Crippen molar-refractivity contribution in [1.82, 2.24) is 19.8 Å². The van der Waals surface area contributed by atoms with E-state index >= 15 is 0 Å². The summed E-state index contributed by atoms with van der Waals surface area (Å²) in [5.41, 5.74) is 8.58. The van der Waals surface area contributed by atoms with Crippen LogP contribution in [-0.2, 0) is 6.54 Å². The fraction of sp³-hybridized carbons (Fsp3) is 0.562. The number of imidazole rings is 1. The van der Waals surface area contributed by atoms with Crippen LogP contribution in [0.5, 0.6) is 0 Å². The lowest BCUT2D eigenvalue weighted by atomic mass is 10.2. The molecule has 1 aromatic carbocycles. The van der Waals surface area contributed by atoms with E-state index in [2.05, 4.69) is 47.7 Å². The van der Waals surface area contributed by atoms with Gasteiger partial charge < -0.3 is 15.6 Å². The SMILES string of the molecule is CC(C)CN(CCN(C)C)Cc1nc2ccc(N)cc2[nH]1. The summed E-state index contributed by atoms with van der Waals surface area (Å²) in [6.07, 6.45) is 0. The third-order valence-electron chi connectivity index (χ3n) is 3.42. The highest BCUT2D eigenvalue weighted by Crippen LogP contribution is 2.16. The van der Waals surface area contributed by atoms with Gasteiger partial charge in [-0.15, -0.1) is 0 Å². The Kier molecular flexibility index (Phi) is 5.20. The van der Waals surface area contributed by atoms with E-state index in [1.165, 1.54) is 0 Å². The number of benzene rings is 1. The summed E-state index contributed by atoms with van der Waals surface area (Å²) in [4.78, 5) is 12.7. The molecule has 0 bridgehead atoms. The van der Waals surface area contributed by atoms with Gasteiger partial charge in [0, 0.05) is 25.3 Å². The van der Waals surface area contributed by atoms with Gasteiger partial charge in [0.05, 0.1) is 17.6 Å². The van der Waals surface area contributed by atoms with Crippen LogP contribution < -0.4 is 5.73 Å². The third-order valence-corrected chi connectivity index (χ3v) is 3.42. The summed E-state index contributed by atoms with van der Waals surface area (Å²) in [5.74, 6) is 1.65. The van der Waals surface area contributed by atoms with Gasteiger partial charge >= 0.3 is 0 Å². The Morgan fingerprint density at radius 1 is 1.24 bits per heavy atom. The van der Waals surface area contributed by atoms with Crippen LogP contribution in [0.3, 0.4) is 0 Å². The molecule has 5 nitrogen and oxygen atoms in total. The average molecular weight is 289 g/mol. The predicted octanol–water partition coefficient (Wildman–Crippen LogP) is 2.16. The molecule has 2 aromatic rings. The second-order valence-electron chi connectivity index (χ2n) is 6.39. The summed E-state index contributed by atoms with van der Waals surface area (Å²) in [6.45, 7) is 8.53. The van der Waals surface area contributed by atoms with Crippen molar-refractivity contribution in [3.63, 3.8) is 0 Å². The van der Waals surface area contributed by atoms with Crippen molar-refractivity contribution in [2.75, 3.05) is 39.5 Å². The molecule has 0 unspecified atom stereocenters. The summed E-state index contributed by atoms with van der Waals surface area (Å²) >= 11 is 0. The first-order valence-electron chi connectivity index (χ1n) is 7.55. The van der Waals surface area contributed by atoms with Gasteiger partial charge in [0.15, 0.2) is 0 Å². The number of anilines is 1. The molecule has 0 saturated heterocycles. The summed E-state index contributed by atoms with van der Waals surface area (Å²) < 4.78 is 0. The quantitative estimate of drug-likeness (QED) is 0.767. The van der Waals surface area contributed by atoms with Crippen molar-refractivity contribution >= 4 is 16.7 Å². The Morgan fingerprint density at radius 3 is 2.67 bits per heavy atom. The number of nitrogen functional groups attached to an aromatic ring is 1. The second kappa shape index (κ2) is 6.91. The van der Waals surface area contributed by atoms with Crippen LogP contribution in [0.1, 0.15) is 19.7 Å². The topological polar surface area (TPSA) is 61.2 Å². The fourth-order valence-electron chi connectivity index (χ4n) is 2.46. The van der Waals surface area contributed by atoms with Crippen molar-refractivity contribution in [3.05, 3.63) is 24.0 Å². The zero-order valence-corrected chi connectivity index (χ0v) is 13.6. The third kappa shape index (κ3) is 4.72. The van der Waals surface area contributed by atoms with Gasteiger partial charge in [-0.3, -0.25) is 4.90 Å². The molecular formula is C16H27N5. The van der Waals surface area contributed by atoms with Crippen LogP contribution in [0.15, 0.2) is 18.2 Å². The molecule has 0 atom stereocenters. The highest BCUT2D eigenvalue weighted by molar-refractivity contribution is 5.78. The maximum atomic E-state index is 5.82. The lowest BCUT2D eigenvalue weighted by molar-refractivity contribution is 0.208. The molecule has 0 fully saturated rings. The van der Waals surface area contributed by atoms with Crippen LogP contribution in [0, 0.1) is 5.92 Å². The van der Waals surface area contributed by atoms with Crippen molar-refractivity contribution < 1.29 is 0 Å². The summed E-state index contributed by atoms with van der Waals surface area (Å²) in [5, 5.41) is 0. The molecule has 3 N–H and O–H groups in total. The van der Waals surface area contributed by atoms with E-state index in [-0.39, 0.29) is 0 Å². The van der Waals surface area contributed by atoms with Crippen molar-refractivity contribution in [3.8, 4) is 0 Å². The van der Waals surface area contributed by atoms with Gasteiger partial charge in [-0.25, -0.2) is 4.98 Å². The van der Waals surface area contributed by atoms with E-state index in [0.29, 0.717) is 5.92 Å². The van der Waals surface area contributed by atoms with E-state index in [9.17, 15) is 0 Å². The van der Waals surface area contributed by atoms with Crippen LogP contribution in [0.2, 0.25) is 0 Å². The molecule has 0 spiro atoms. The highest BCUT2D eigenvalue weighted by atomic mass is 15.2. The maximum absolute atomic E-state index is 5.82. The number of nitrogens with two attached hydrogens (primary N) is 1. The molecule has 0 radical (unpaired) electrons. The molecule has 0 aliphatic carbocycles. The van der Waals surface area contributed by atoms with Gasteiger partial charge in [-0.05, 0) is 38.2 Å². The Morgan fingerprint density at radius 2 is 2.00 bits per heavy atom. The number of hydrogen-bond acceptors (Lipinski definition) is 4. The minimum atomic E-state index is 0.646. The number of nitrogens with one attached hydrogen (secondary N) is 1. The van der Waals surface area contributed by atoms with E-state index in [4.69, 9.17) is 5.73 Å². The molecule has 0 aliphatic rings. The number of aromatic nitrogens is 2. The molecule has 2 rings (SSSR count). The van der Waals surface area contributed by atoms with Gasteiger partial charge in [0.1, 0.15) is 5.82 Å². The van der Waals surface area contributed by atoms with Crippen LogP contribution in [0.25, 0.3) is 11.0 Å². The predicted molar refractivity (Wildman–Crippen MR) is 89.2 cm³/mol. The first-order valence-corrected chi connectivity index (χ1v) is 7.55. The first-order chi connectivity index (χ1) is 9.94. The summed E-state index contributed by atoms with van der Waals surface area (Å²) in [7, 11) is 4.22. The van der Waals surface area contributed by atoms with E-state index in [1.807, 2.05) is 18.2 Å². The monoisotopic (exact) mass is 289 g/mol. The van der Waals surface area contributed by atoms with E-state index < -0.39 is 0 Å². The Hall–Kier alpha value is -1.59. The fourth-order valence-corrected chi connectivity index (χ4v) is 2.46. The number of hydrogen-bond donors (Lipinski definition) is 2. The molecule has 116 valence electrons. The Labute approximate surface area is 127 Å². The van der Waals surface area contributed by atoms with Crippen molar-refractivity contribution in [1.29, 1.82) is 0 Å². The average Bonchev–Trinajstić information content (AvgIpc) is 2.76. The molecule has 0 aliphatic heterocycles. The number of H-pyrrole nitrogens is 1. The van der Waals surface area contributed by atoms with Crippen LogP contribution in [0.4, 0.5) is 5.69 Å². The maximum Gasteiger partial charge on any atom is 0.121 e. The smallest absolute Gasteiger partial charge is 0.121 e. The molecule has 1 heterocycles. The highest BCUT2D eigenvalue weighted by Gasteiger charge is 2.11. The number of nitrogens with zero attached hydrogens (tertiary/aromatic N) is 3. The minimum absolute atomic E-state index is 0.646. The largest absolute Gasteiger partial charge is 0.399 e. The summed E-state index contributed by atoms with van der Waals surface area (Å²) in [6, 6.07) is 5.81. The molecule has 1 aromatic heterocycles. The minimum Gasteiger partial charge on any atom is -0.399 e. The van der Waals surface area contributed by atoms with Gasteiger partial charge in [0.25, 0.3) is 0 Å². The van der Waals surface area contributed by atoms with E-state index in [0.717, 1.165) is 48.7 Å². The number of aromatic amines is 1. The van der Waals surface area contributed by atoms with E-state index in [1.54, 1.807) is 0 Å². The van der Waals surface area contributed by atoms with Gasteiger partial charge in [-0.1, -0.05) is 13.8 Å². The second-order valence-corrected chi connectivity index (χ2v) is 6.39. The molecule has 21 heavy (non-hydrogen) atoms. The number of fused-ring (bicyclic) bond motifs is 1. The zero-order valence-electron chi connectivity index (χ0n) is 13.6. The van der Waals surface area contributed by atoms with Crippen molar-refractivity contribution in [2.24, 2.45) is 5.92 Å². The number of rotatable bonds is 7. The van der Waals surface area contributed by atoms with Crippen molar-refractivity contribution in [2.45, 2.75) is 20.4 Å². The normalized spacial score (nSPS) is 12.1. The Balaban J connectivity index is 2.09. The lowest BCUT2D eigenvalue weighted by Crippen LogP contribution is -2.34. The molecule has 0 saturated carbocycles. The molecular weight excluding hydrogens is 262 g/mol.